The fourth-order valence-corrected chi connectivity index (χ4v) is 3.48. The van der Waals surface area contributed by atoms with E-state index in [1.165, 1.54) is 12.8 Å². The molecule has 6 heteroatoms. The predicted molar refractivity (Wildman–Crippen MR) is 86.7 cm³/mol. The van der Waals surface area contributed by atoms with Gasteiger partial charge in [0.05, 0.1) is 6.54 Å². The largest absolute Gasteiger partial charge is 0.352 e. The van der Waals surface area contributed by atoms with Gasteiger partial charge in [0.15, 0.2) is 0 Å². The van der Waals surface area contributed by atoms with Gasteiger partial charge in [-0.15, -0.1) is 0 Å². The van der Waals surface area contributed by atoms with Crippen molar-refractivity contribution in [1.29, 1.82) is 0 Å². The number of likely N-dealkylation sites (tertiary alicyclic amines) is 1. The molecule has 0 aromatic rings. The van der Waals surface area contributed by atoms with Crippen molar-refractivity contribution < 1.29 is 9.59 Å². The SMILES string of the molecule is CN(C)C(=O)N(C)C1CCN(CC(=O)NC2CCCC2)CC1. The van der Waals surface area contributed by atoms with Crippen molar-refractivity contribution in [2.45, 2.75) is 50.6 Å². The molecule has 126 valence electrons. The summed E-state index contributed by atoms with van der Waals surface area (Å²) in [5, 5.41) is 3.14. The molecular formula is C16H30N4O2. The molecule has 1 N–H and O–H groups in total. The second kappa shape index (κ2) is 7.81. The second-order valence-corrected chi connectivity index (χ2v) is 6.84. The minimum atomic E-state index is 0.0532. The Morgan fingerprint density at radius 1 is 1.05 bits per heavy atom. The Morgan fingerprint density at radius 2 is 1.64 bits per heavy atom. The zero-order valence-corrected chi connectivity index (χ0v) is 14.2. The normalized spacial score (nSPS) is 20.9. The molecule has 0 spiro atoms. The molecule has 2 rings (SSSR count). The highest BCUT2D eigenvalue weighted by molar-refractivity contribution is 5.78. The highest BCUT2D eigenvalue weighted by Crippen LogP contribution is 2.18. The Balaban J connectivity index is 1.70. The van der Waals surface area contributed by atoms with Crippen LogP contribution in [0.1, 0.15) is 38.5 Å². The van der Waals surface area contributed by atoms with E-state index in [2.05, 4.69) is 10.2 Å². The van der Waals surface area contributed by atoms with E-state index in [0.29, 0.717) is 12.6 Å². The number of urea groups is 1. The molecule has 0 aromatic heterocycles. The first kappa shape index (κ1) is 17.1. The molecule has 2 fully saturated rings. The topological polar surface area (TPSA) is 55.9 Å². The molecule has 1 aliphatic carbocycles. The van der Waals surface area contributed by atoms with Crippen LogP contribution in [0.15, 0.2) is 0 Å². The van der Waals surface area contributed by atoms with Gasteiger partial charge in [-0.25, -0.2) is 4.79 Å². The van der Waals surface area contributed by atoms with Gasteiger partial charge in [-0.2, -0.15) is 0 Å². The highest BCUT2D eigenvalue weighted by atomic mass is 16.2. The summed E-state index contributed by atoms with van der Waals surface area (Å²) in [7, 11) is 5.43. The number of carbonyl (C=O) groups is 2. The van der Waals surface area contributed by atoms with E-state index >= 15 is 0 Å². The maximum atomic E-state index is 12.1. The van der Waals surface area contributed by atoms with Crippen molar-refractivity contribution in [3.8, 4) is 0 Å². The molecule has 1 saturated carbocycles. The van der Waals surface area contributed by atoms with Crippen molar-refractivity contribution in [2.24, 2.45) is 0 Å². The van der Waals surface area contributed by atoms with Crippen molar-refractivity contribution >= 4 is 11.9 Å². The smallest absolute Gasteiger partial charge is 0.319 e. The third kappa shape index (κ3) is 4.60. The Hall–Kier alpha value is -1.30. The maximum Gasteiger partial charge on any atom is 0.319 e. The molecule has 0 unspecified atom stereocenters. The van der Waals surface area contributed by atoms with Crippen LogP contribution in [0.4, 0.5) is 4.79 Å². The number of amides is 3. The summed E-state index contributed by atoms with van der Waals surface area (Å²) in [5.74, 6) is 0.156. The van der Waals surface area contributed by atoms with Crippen LogP contribution in [-0.4, -0.2) is 79.5 Å². The first-order valence-electron chi connectivity index (χ1n) is 8.43. The summed E-state index contributed by atoms with van der Waals surface area (Å²) in [6.45, 7) is 2.26. The average Bonchev–Trinajstić information content (AvgIpc) is 2.99. The molecule has 0 atom stereocenters. The Bertz CT molecular complexity index is 386. The van der Waals surface area contributed by atoms with E-state index in [4.69, 9.17) is 0 Å². The lowest BCUT2D eigenvalue weighted by Crippen LogP contribution is -2.50. The Kier molecular flexibility index (Phi) is 6.06. The molecule has 0 radical (unpaired) electrons. The zero-order valence-electron chi connectivity index (χ0n) is 14.2. The zero-order chi connectivity index (χ0) is 16.1. The van der Waals surface area contributed by atoms with Gasteiger partial charge in [0.25, 0.3) is 0 Å². The Morgan fingerprint density at radius 3 is 2.18 bits per heavy atom. The van der Waals surface area contributed by atoms with Crippen molar-refractivity contribution in [1.82, 2.24) is 20.0 Å². The lowest BCUT2D eigenvalue weighted by molar-refractivity contribution is -0.123. The van der Waals surface area contributed by atoms with Gasteiger partial charge in [0.2, 0.25) is 5.91 Å². The molecule has 6 nitrogen and oxygen atoms in total. The standard InChI is InChI=1S/C16H30N4O2/c1-18(2)16(22)19(3)14-8-10-20(11-9-14)12-15(21)17-13-6-4-5-7-13/h13-14H,4-12H2,1-3H3,(H,17,21). The van der Waals surface area contributed by atoms with E-state index in [-0.39, 0.29) is 18.0 Å². The van der Waals surface area contributed by atoms with Gasteiger partial charge in [-0.05, 0) is 25.7 Å². The minimum Gasteiger partial charge on any atom is -0.352 e. The number of nitrogens with one attached hydrogen (secondary N) is 1. The van der Waals surface area contributed by atoms with Crippen molar-refractivity contribution in [3.63, 3.8) is 0 Å². The number of carbonyl (C=O) groups excluding carboxylic acids is 2. The summed E-state index contributed by atoms with van der Waals surface area (Å²) in [6, 6.07) is 0.732. The van der Waals surface area contributed by atoms with Gasteiger partial charge in [-0.3, -0.25) is 9.69 Å². The predicted octanol–water partition coefficient (Wildman–Crippen LogP) is 1.12. The van der Waals surface area contributed by atoms with Gasteiger partial charge in [-0.1, -0.05) is 12.8 Å². The number of hydrogen-bond acceptors (Lipinski definition) is 3. The third-order valence-electron chi connectivity index (χ3n) is 4.88. The Labute approximate surface area is 133 Å². The first-order chi connectivity index (χ1) is 10.5. The fourth-order valence-electron chi connectivity index (χ4n) is 3.48. The number of rotatable bonds is 4. The van der Waals surface area contributed by atoms with E-state index in [0.717, 1.165) is 38.8 Å². The summed E-state index contributed by atoms with van der Waals surface area (Å²) >= 11 is 0. The molecule has 1 aliphatic heterocycles. The van der Waals surface area contributed by atoms with Crippen LogP contribution in [-0.2, 0) is 4.79 Å². The van der Waals surface area contributed by atoms with Crippen LogP contribution in [0, 0.1) is 0 Å². The summed E-state index contributed by atoms with van der Waals surface area (Å²) < 4.78 is 0. The molecule has 22 heavy (non-hydrogen) atoms. The number of nitrogens with zero attached hydrogens (tertiary/aromatic N) is 3. The van der Waals surface area contributed by atoms with Gasteiger partial charge in [0.1, 0.15) is 0 Å². The minimum absolute atomic E-state index is 0.0532. The molecule has 0 aromatic carbocycles. The van der Waals surface area contributed by atoms with Crippen molar-refractivity contribution in [3.05, 3.63) is 0 Å². The fraction of sp³-hybridized carbons (Fsp3) is 0.875. The van der Waals surface area contributed by atoms with Crippen LogP contribution in [0.2, 0.25) is 0 Å². The lowest BCUT2D eigenvalue weighted by Gasteiger charge is -2.37. The molecule has 0 bridgehead atoms. The summed E-state index contributed by atoms with van der Waals surface area (Å²) in [4.78, 5) is 29.7. The van der Waals surface area contributed by atoms with E-state index in [9.17, 15) is 9.59 Å². The molecular weight excluding hydrogens is 280 g/mol. The van der Waals surface area contributed by atoms with Gasteiger partial charge >= 0.3 is 6.03 Å². The van der Waals surface area contributed by atoms with Crippen LogP contribution >= 0.6 is 0 Å². The second-order valence-electron chi connectivity index (χ2n) is 6.84. The first-order valence-corrected chi connectivity index (χ1v) is 8.43. The monoisotopic (exact) mass is 310 g/mol. The van der Waals surface area contributed by atoms with E-state index in [1.54, 1.807) is 19.0 Å². The third-order valence-corrected chi connectivity index (χ3v) is 4.88. The molecule has 1 heterocycles. The summed E-state index contributed by atoms with van der Waals surface area (Å²) in [6.07, 6.45) is 6.61. The van der Waals surface area contributed by atoms with Crippen LogP contribution < -0.4 is 5.32 Å². The molecule has 3 amide bonds. The molecule has 1 saturated heterocycles. The lowest BCUT2D eigenvalue weighted by atomic mass is 10.0. The highest BCUT2D eigenvalue weighted by Gasteiger charge is 2.27. The maximum absolute atomic E-state index is 12.1. The quantitative estimate of drug-likeness (QED) is 0.847. The summed E-state index contributed by atoms with van der Waals surface area (Å²) in [5.41, 5.74) is 0. The van der Waals surface area contributed by atoms with E-state index < -0.39 is 0 Å². The van der Waals surface area contributed by atoms with Crippen molar-refractivity contribution in [2.75, 3.05) is 40.8 Å². The van der Waals surface area contributed by atoms with Crippen LogP contribution in [0.25, 0.3) is 0 Å². The van der Waals surface area contributed by atoms with Gasteiger partial charge < -0.3 is 15.1 Å². The number of hydrogen-bond donors (Lipinski definition) is 1. The van der Waals surface area contributed by atoms with Gasteiger partial charge in [0, 0.05) is 46.3 Å². The van der Waals surface area contributed by atoms with E-state index in [1.807, 2.05) is 11.9 Å². The van der Waals surface area contributed by atoms with Crippen LogP contribution in [0.3, 0.4) is 0 Å². The average molecular weight is 310 g/mol. The van der Waals surface area contributed by atoms with Crippen LogP contribution in [0.5, 0.6) is 0 Å². The molecule has 2 aliphatic rings. The number of piperidine rings is 1.